The van der Waals surface area contributed by atoms with Crippen LogP contribution < -0.4 is 11.1 Å². The van der Waals surface area contributed by atoms with Crippen molar-refractivity contribution < 1.29 is 0 Å². The van der Waals surface area contributed by atoms with Crippen LogP contribution in [0.3, 0.4) is 0 Å². The summed E-state index contributed by atoms with van der Waals surface area (Å²) in [6.07, 6.45) is 7.25. The minimum absolute atomic E-state index is 0.0178. The van der Waals surface area contributed by atoms with Crippen LogP contribution in [0, 0.1) is 12.3 Å². The lowest BCUT2D eigenvalue weighted by atomic mass is 9.96. The highest BCUT2D eigenvalue weighted by Gasteiger charge is 2.34. The Hall–Kier alpha value is -1.30. The summed E-state index contributed by atoms with van der Waals surface area (Å²) in [6, 6.07) is 8.49. The van der Waals surface area contributed by atoms with Crippen LogP contribution in [0.4, 0.5) is 0 Å². The fourth-order valence-electron chi connectivity index (χ4n) is 2.27. The fourth-order valence-corrected chi connectivity index (χ4v) is 2.27. The Bertz CT molecular complexity index is 365. The normalized spacial score (nSPS) is 17.1. The monoisotopic (exact) mass is 200 g/mol. The van der Waals surface area contributed by atoms with Crippen molar-refractivity contribution in [3.05, 3.63) is 35.4 Å². The van der Waals surface area contributed by atoms with Crippen LogP contribution in [0.1, 0.15) is 11.1 Å². The Morgan fingerprint density at radius 1 is 1.33 bits per heavy atom. The second-order valence-electron chi connectivity index (χ2n) is 4.16. The van der Waals surface area contributed by atoms with E-state index in [4.69, 9.17) is 12.2 Å². The minimum atomic E-state index is -0.0178. The highest BCUT2D eigenvalue weighted by Crippen LogP contribution is 2.29. The van der Waals surface area contributed by atoms with Crippen LogP contribution in [0.25, 0.3) is 0 Å². The molecule has 0 heterocycles. The van der Waals surface area contributed by atoms with Gasteiger partial charge in [-0.1, -0.05) is 30.2 Å². The predicted molar refractivity (Wildman–Crippen MR) is 62.5 cm³/mol. The summed E-state index contributed by atoms with van der Waals surface area (Å²) in [4.78, 5) is 0. The molecule has 0 atom stereocenters. The zero-order valence-electron chi connectivity index (χ0n) is 8.79. The van der Waals surface area contributed by atoms with Crippen molar-refractivity contribution in [3.63, 3.8) is 0 Å². The summed E-state index contributed by atoms with van der Waals surface area (Å²) in [5, 5.41) is 3.38. The fraction of sp³-hybridized carbons (Fsp3) is 0.385. The van der Waals surface area contributed by atoms with Crippen LogP contribution >= 0.6 is 0 Å². The lowest BCUT2D eigenvalue weighted by Crippen LogP contribution is -2.52. The quantitative estimate of drug-likeness (QED) is 0.705. The average molecular weight is 200 g/mol. The van der Waals surface area contributed by atoms with Gasteiger partial charge in [0.25, 0.3) is 0 Å². The van der Waals surface area contributed by atoms with Crippen LogP contribution in [0.5, 0.6) is 0 Å². The van der Waals surface area contributed by atoms with Gasteiger partial charge in [-0.05, 0) is 24.0 Å². The number of rotatable bonds is 3. The third kappa shape index (κ3) is 1.90. The van der Waals surface area contributed by atoms with Crippen LogP contribution in [0.15, 0.2) is 24.3 Å². The summed E-state index contributed by atoms with van der Waals surface area (Å²) in [7, 11) is 0. The third-order valence-electron chi connectivity index (χ3n) is 3.13. The van der Waals surface area contributed by atoms with Crippen molar-refractivity contribution in [3.8, 4) is 12.3 Å². The molecule has 0 saturated heterocycles. The van der Waals surface area contributed by atoms with Gasteiger partial charge in [0.05, 0.1) is 6.54 Å². The number of benzene rings is 1. The van der Waals surface area contributed by atoms with E-state index in [9.17, 15) is 0 Å². The van der Waals surface area contributed by atoms with Crippen molar-refractivity contribution in [1.29, 1.82) is 0 Å². The van der Waals surface area contributed by atoms with Crippen molar-refractivity contribution in [2.75, 3.05) is 13.1 Å². The van der Waals surface area contributed by atoms with Gasteiger partial charge in [-0.3, -0.25) is 5.32 Å². The molecule has 0 spiro atoms. The molecule has 78 valence electrons. The Morgan fingerprint density at radius 2 is 1.93 bits per heavy atom. The standard InChI is InChI=1S/C13H16N2/c1-2-7-15-13(10-14)8-11-5-3-4-6-12(11)9-13/h1,3-6,15H,7-10,14H2. The molecule has 0 bridgehead atoms. The Labute approximate surface area is 90.9 Å². The molecule has 0 aromatic heterocycles. The van der Waals surface area contributed by atoms with Gasteiger partial charge in [-0.25, -0.2) is 0 Å². The summed E-state index contributed by atoms with van der Waals surface area (Å²) in [5.41, 5.74) is 8.63. The molecule has 0 amide bonds. The first kappa shape index (κ1) is 10.2. The van der Waals surface area contributed by atoms with Crippen molar-refractivity contribution in [2.45, 2.75) is 18.4 Å². The summed E-state index contributed by atoms with van der Waals surface area (Å²) < 4.78 is 0. The molecule has 1 aliphatic rings. The lowest BCUT2D eigenvalue weighted by molar-refractivity contribution is 0.366. The zero-order valence-corrected chi connectivity index (χ0v) is 8.79. The van der Waals surface area contributed by atoms with E-state index in [2.05, 4.69) is 35.5 Å². The van der Waals surface area contributed by atoms with E-state index in [-0.39, 0.29) is 5.54 Å². The second kappa shape index (κ2) is 4.06. The zero-order chi connectivity index (χ0) is 10.7. The van der Waals surface area contributed by atoms with Gasteiger partial charge in [0.2, 0.25) is 0 Å². The van der Waals surface area contributed by atoms with Gasteiger partial charge in [-0.15, -0.1) is 6.42 Å². The maximum atomic E-state index is 5.86. The molecule has 0 fully saturated rings. The first-order valence-corrected chi connectivity index (χ1v) is 5.25. The maximum Gasteiger partial charge on any atom is 0.0578 e. The molecule has 15 heavy (non-hydrogen) atoms. The van der Waals surface area contributed by atoms with Gasteiger partial charge < -0.3 is 5.73 Å². The predicted octanol–water partition coefficient (Wildman–Crippen LogP) is 0.705. The SMILES string of the molecule is C#CCNC1(CN)Cc2ccccc2C1. The molecule has 2 heteroatoms. The molecule has 1 aliphatic carbocycles. The Morgan fingerprint density at radius 3 is 2.40 bits per heavy atom. The number of terminal acetylenes is 1. The Kier molecular flexibility index (Phi) is 2.77. The first-order valence-electron chi connectivity index (χ1n) is 5.25. The van der Waals surface area contributed by atoms with E-state index in [1.54, 1.807) is 0 Å². The Balaban J connectivity index is 2.18. The number of fused-ring (bicyclic) bond motifs is 1. The molecular weight excluding hydrogens is 184 g/mol. The van der Waals surface area contributed by atoms with Gasteiger partial charge in [-0.2, -0.15) is 0 Å². The van der Waals surface area contributed by atoms with E-state index in [0.29, 0.717) is 13.1 Å². The van der Waals surface area contributed by atoms with Crippen molar-refractivity contribution in [1.82, 2.24) is 5.32 Å². The first-order chi connectivity index (χ1) is 7.29. The molecule has 1 aromatic carbocycles. The van der Waals surface area contributed by atoms with E-state index in [0.717, 1.165) is 12.8 Å². The number of hydrogen-bond donors (Lipinski definition) is 2. The topological polar surface area (TPSA) is 38.0 Å². The minimum Gasteiger partial charge on any atom is -0.329 e. The van der Waals surface area contributed by atoms with E-state index in [1.807, 2.05) is 0 Å². The number of hydrogen-bond acceptors (Lipinski definition) is 2. The molecule has 0 aliphatic heterocycles. The third-order valence-corrected chi connectivity index (χ3v) is 3.13. The van der Waals surface area contributed by atoms with Crippen LogP contribution in [0.2, 0.25) is 0 Å². The van der Waals surface area contributed by atoms with E-state index < -0.39 is 0 Å². The summed E-state index contributed by atoms with van der Waals surface area (Å²) >= 11 is 0. The molecule has 3 N–H and O–H groups in total. The molecule has 2 rings (SSSR count). The van der Waals surface area contributed by atoms with Gasteiger partial charge in [0, 0.05) is 12.1 Å². The van der Waals surface area contributed by atoms with Crippen molar-refractivity contribution >= 4 is 0 Å². The van der Waals surface area contributed by atoms with Gasteiger partial charge in [0.1, 0.15) is 0 Å². The smallest absolute Gasteiger partial charge is 0.0578 e. The van der Waals surface area contributed by atoms with E-state index >= 15 is 0 Å². The molecule has 0 unspecified atom stereocenters. The summed E-state index contributed by atoms with van der Waals surface area (Å²) in [6.45, 7) is 1.22. The van der Waals surface area contributed by atoms with Crippen LogP contribution in [-0.4, -0.2) is 18.6 Å². The number of nitrogens with one attached hydrogen (secondary N) is 1. The van der Waals surface area contributed by atoms with Crippen molar-refractivity contribution in [2.24, 2.45) is 5.73 Å². The molecular formula is C13H16N2. The largest absolute Gasteiger partial charge is 0.329 e. The highest BCUT2D eigenvalue weighted by molar-refractivity contribution is 5.36. The van der Waals surface area contributed by atoms with Crippen LogP contribution in [-0.2, 0) is 12.8 Å². The average Bonchev–Trinajstić information content (AvgIpc) is 2.65. The molecule has 2 nitrogen and oxygen atoms in total. The molecule has 0 radical (unpaired) electrons. The number of nitrogens with two attached hydrogens (primary N) is 1. The lowest BCUT2D eigenvalue weighted by Gasteiger charge is -2.27. The maximum absolute atomic E-state index is 5.86. The van der Waals surface area contributed by atoms with Gasteiger partial charge >= 0.3 is 0 Å². The van der Waals surface area contributed by atoms with Gasteiger partial charge in [0.15, 0.2) is 0 Å². The molecule has 1 aromatic rings. The molecule has 0 saturated carbocycles. The second-order valence-corrected chi connectivity index (χ2v) is 4.16. The summed E-state index contributed by atoms with van der Waals surface area (Å²) in [5.74, 6) is 2.61. The highest BCUT2D eigenvalue weighted by atomic mass is 15.0. The van der Waals surface area contributed by atoms with E-state index in [1.165, 1.54) is 11.1 Å².